The molecule has 0 bridgehead atoms. The van der Waals surface area contributed by atoms with Crippen LogP contribution in [0.15, 0.2) is 110 Å². The molecule has 2 fully saturated rings. The molecule has 336 valence electrons. The van der Waals surface area contributed by atoms with E-state index in [1.165, 1.54) is 21.5 Å². The van der Waals surface area contributed by atoms with Crippen molar-refractivity contribution in [2.75, 3.05) is 27.4 Å². The predicted molar refractivity (Wildman–Crippen MR) is 236 cm³/mol. The number of hydrogen-bond donors (Lipinski definition) is 3. The Morgan fingerprint density at radius 3 is 1.67 bits per heavy atom. The molecular formula is C44H53N4O13PSi. The smallest absolute Gasteiger partial charge is 0.330 e. The second kappa shape index (κ2) is 19.4. The summed E-state index contributed by atoms with van der Waals surface area (Å²) in [5.74, 6) is 1.30. The molecule has 0 saturated carbocycles. The third kappa shape index (κ3) is 10.2. The van der Waals surface area contributed by atoms with Crippen LogP contribution < -0.4 is 32.0 Å². The topological polar surface area (TPSA) is 204 Å². The van der Waals surface area contributed by atoms with E-state index in [4.69, 9.17) is 36.9 Å². The normalized spacial score (nSPS) is 22.0. The number of aryl methyl sites for hydroxylation is 2. The second-order valence-corrected chi connectivity index (χ2v) is 22.3. The third-order valence-corrected chi connectivity index (χ3v) is 14.5. The number of aromatic amines is 2. The zero-order valence-corrected chi connectivity index (χ0v) is 38.0. The van der Waals surface area contributed by atoms with Gasteiger partial charge in [-0.1, -0.05) is 54.6 Å². The van der Waals surface area contributed by atoms with E-state index in [1.807, 2.05) is 98.5 Å². The standard InChI is InChI=1S/C44H53N4O13PSi/c1-27-23-47(42(52)45-40(27)50)38-21-34(59-44(29-11-9-8-10-12-29,30-13-17-32(54-3)18-14-30)31-15-19-33(55-4)20-16-31)37(58-38)26-56-62(61-63(5,6)7)60-35-22-39(57-36(35)25-49)48-24-28(2)41(51)46-43(48)53/h8-20,23-24,34-39,49H,21-22,25-26H2,1-7H3,(H,45,50,52)(H,46,51,53)/t34-,35-,36-,37-,38-,39-,62?/m1/s1. The van der Waals surface area contributed by atoms with Crippen LogP contribution in [0.2, 0.25) is 19.6 Å². The number of aromatic nitrogens is 4. The molecule has 2 aliphatic heterocycles. The van der Waals surface area contributed by atoms with Gasteiger partial charge in [-0.2, -0.15) is 0 Å². The highest BCUT2D eigenvalue weighted by Crippen LogP contribution is 2.50. The molecule has 2 saturated heterocycles. The van der Waals surface area contributed by atoms with E-state index in [2.05, 4.69) is 9.97 Å². The molecule has 4 heterocycles. The van der Waals surface area contributed by atoms with Crippen LogP contribution in [0.25, 0.3) is 0 Å². The van der Waals surface area contributed by atoms with Crippen molar-refractivity contribution in [3.63, 3.8) is 0 Å². The quantitative estimate of drug-likeness (QED) is 0.0629. The Balaban J connectivity index is 1.26. The van der Waals surface area contributed by atoms with Crippen molar-refractivity contribution in [3.8, 4) is 11.5 Å². The molecule has 3 aromatic carbocycles. The van der Waals surface area contributed by atoms with E-state index in [-0.39, 0.29) is 19.4 Å². The minimum Gasteiger partial charge on any atom is -0.497 e. The number of aliphatic hydroxyl groups excluding tert-OH is 1. The number of H-pyrrole nitrogens is 2. The van der Waals surface area contributed by atoms with Gasteiger partial charge in [0.25, 0.3) is 11.1 Å². The fourth-order valence-electron chi connectivity index (χ4n) is 7.69. The number of rotatable bonds is 17. The fraction of sp³-hybridized carbons (Fsp3) is 0.409. The molecule has 19 heteroatoms. The van der Waals surface area contributed by atoms with Crippen molar-refractivity contribution in [1.82, 2.24) is 19.1 Å². The number of nitrogens with one attached hydrogen (secondary N) is 2. The number of hydrogen-bond acceptors (Lipinski definition) is 13. The van der Waals surface area contributed by atoms with Crippen LogP contribution in [0.3, 0.4) is 0 Å². The number of nitrogens with zero attached hydrogens (tertiary/aromatic N) is 2. The Bertz CT molecular complexity index is 2530. The average molecular weight is 905 g/mol. The summed E-state index contributed by atoms with van der Waals surface area (Å²) in [7, 11) is -1.34. The first-order valence-electron chi connectivity index (χ1n) is 20.5. The molecule has 0 radical (unpaired) electrons. The van der Waals surface area contributed by atoms with Crippen molar-refractivity contribution in [1.29, 1.82) is 0 Å². The van der Waals surface area contributed by atoms with E-state index in [1.54, 1.807) is 28.1 Å². The van der Waals surface area contributed by atoms with E-state index < -0.39 is 88.5 Å². The highest BCUT2D eigenvalue weighted by molar-refractivity contribution is 7.43. The van der Waals surface area contributed by atoms with Crippen LogP contribution in [-0.2, 0) is 33.1 Å². The number of aliphatic hydroxyl groups is 1. The average Bonchev–Trinajstić information content (AvgIpc) is 3.87. The Morgan fingerprint density at radius 1 is 0.714 bits per heavy atom. The van der Waals surface area contributed by atoms with E-state index in [9.17, 15) is 24.3 Å². The molecule has 0 aliphatic carbocycles. The van der Waals surface area contributed by atoms with Crippen LogP contribution in [0.4, 0.5) is 0 Å². The summed E-state index contributed by atoms with van der Waals surface area (Å²) in [4.78, 5) is 55.4. The maximum absolute atomic E-state index is 13.4. The highest BCUT2D eigenvalue weighted by atomic mass is 31.2. The molecule has 2 aliphatic rings. The lowest BCUT2D eigenvalue weighted by atomic mass is 9.79. The zero-order valence-electron chi connectivity index (χ0n) is 36.1. The SMILES string of the molecule is COc1ccc(C(O[C@@H]2C[C@H](n3cc(C)c(=O)[nH]c3=O)O[C@@H]2COP(O[C@@H]2C[C@H](n3cc(C)c(=O)[nH]c3=O)O[C@@H]2CO)O[Si](C)(C)C)(c2ccccc2)c2ccc(OC)cc2)cc1. The molecule has 63 heavy (non-hydrogen) atoms. The van der Waals surface area contributed by atoms with E-state index in [0.717, 1.165) is 16.7 Å². The maximum atomic E-state index is 13.4. The van der Waals surface area contributed by atoms with Crippen LogP contribution >= 0.6 is 8.60 Å². The summed E-state index contributed by atoms with van der Waals surface area (Å²) in [5, 5.41) is 10.4. The van der Waals surface area contributed by atoms with Crippen LogP contribution in [0, 0.1) is 13.8 Å². The highest BCUT2D eigenvalue weighted by Gasteiger charge is 2.48. The summed E-state index contributed by atoms with van der Waals surface area (Å²) in [6.45, 7) is 8.56. The van der Waals surface area contributed by atoms with Crippen LogP contribution in [-0.4, -0.2) is 84.4 Å². The monoisotopic (exact) mass is 904 g/mol. The molecule has 0 spiro atoms. The van der Waals surface area contributed by atoms with Gasteiger partial charge < -0.3 is 42.1 Å². The van der Waals surface area contributed by atoms with Crippen molar-refractivity contribution in [2.45, 2.75) is 88.8 Å². The summed E-state index contributed by atoms with van der Waals surface area (Å²) in [6.07, 6.45) is -1.82. The summed E-state index contributed by atoms with van der Waals surface area (Å²) >= 11 is 0. The third-order valence-electron chi connectivity index (χ3n) is 10.9. The van der Waals surface area contributed by atoms with Crippen LogP contribution in [0.5, 0.6) is 11.5 Å². The number of benzene rings is 3. The minimum absolute atomic E-state index is 0.135. The van der Waals surface area contributed by atoms with Crippen molar-refractivity contribution >= 4 is 16.9 Å². The Labute approximate surface area is 365 Å². The number of ether oxygens (including phenoxy) is 5. The zero-order chi connectivity index (χ0) is 45.1. The second-order valence-electron chi connectivity index (χ2n) is 16.4. The van der Waals surface area contributed by atoms with Gasteiger partial charge in [-0.15, -0.1) is 0 Å². The molecule has 7 atom stereocenters. The van der Waals surface area contributed by atoms with Gasteiger partial charge in [-0.25, -0.2) is 9.59 Å². The van der Waals surface area contributed by atoms with Gasteiger partial charge in [-0.3, -0.25) is 28.7 Å². The molecule has 1 unspecified atom stereocenters. The van der Waals surface area contributed by atoms with Gasteiger partial charge >= 0.3 is 20.0 Å². The van der Waals surface area contributed by atoms with Gasteiger partial charge in [-0.05, 0) is 74.4 Å². The lowest BCUT2D eigenvalue weighted by molar-refractivity contribution is -0.0983. The largest absolute Gasteiger partial charge is 0.497 e. The number of methoxy groups -OCH3 is 2. The van der Waals surface area contributed by atoms with E-state index >= 15 is 0 Å². The van der Waals surface area contributed by atoms with Gasteiger partial charge in [0.2, 0.25) is 0 Å². The molecular weight excluding hydrogens is 852 g/mol. The van der Waals surface area contributed by atoms with Gasteiger partial charge in [0.05, 0.1) is 39.6 Å². The van der Waals surface area contributed by atoms with Crippen molar-refractivity contribution < 1.29 is 42.1 Å². The van der Waals surface area contributed by atoms with Crippen molar-refractivity contribution in [3.05, 3.63) is 161 Å². The first kappa shape index (κ1) is 46.0. The summed E-state index contributed by atoms with van der Waals surface area (Å²) < 4.78 is 53.5. The van der Waals surface area contributed by atoms with Gasteiger partial charge in [0, 0.05) is 36.4 Å². The minimum atomic E-state index is -2.38. The molecule has 0 amide bonds. The molecule has 17 nitrogen and oxygen atoms in total. The summed E-state index contributed by atoms with van der Waals surface area (Å²) in [5.41, 5.74) is -0.600. The Kier molecular flexibility index (Phi) is 14.2. The Hall–Kier alpha value is -5.01. The lowest BCUT2D eigenvalue weighted by Crippen LogP contribution is -2.41. The first-order valence-corrected chi connectivity index (χ1v) is 25.0. The lowest BCUT2D eigenvalue weighted by Gasteiger charge is -2.39. The molecule has 2 aromatic heterocycles. The van der Waals surface area contributed by atoms with Gasteiger partial charge in [0.1, 0.15) is 41.8 Å². The summed E-state index contributed by atoms with van der Waals surface area (Å²) in [6, 6.07) is 25.0. The molecule has 3 N–H and O–H groups in total. The maximum Gasteiger partial charge on any atom is 0.330 e. The molecule has 7 rings (SSSR count). The fourth-order valence-corrected chi connectivity index (χ4v) is 10.6. The Morgan fingerprint density at radius 2 is 1.19 bits per heavy atom. The van der Waals surface area contributed by atoms with Crippen LogP contribution in [0.1, 0.15) is 53.1 Å². The first-order chi connectivity index (χ1) is 30.1. The predicted octanol–water partition coefficient (Wildman–Crippen LogP) is 5.15. The van der Waals surface area contributed by atoms with Gasteiger partial charge in [0.15, 0.2) is 8.32 Å². The molecule has 5 aromatic rings. The van der Waals surface area contributed by atoms with Crippen molar-refractivity contribution in [2.24, 2.45) is 0 Å². The van der Waals surface area contributed by atoms with E-state index in [0.29, 0.717) is 22.6 Å².